The van der Waals surface area contributed by atoms with E-state index >= 15 is 0 Å². The molecule has 1 heterocycles. The van der Waals surface area contributed by atoms with Crippen molar-refractivity contribution in [2.24, 2.45) is 0 Å². The van der Waals surface area contributed by atoms with Crippen LogP contribution in [0.3, 0.4) is 0 Å². The Bertz CT molecular complexity index is 612. The fourth-order valence-electron chi connectivity index (χ4n) is 1.82. The molecule has 0 saturated carbocycles. The van der Waals surface area contributed by atoms with E-state index in [9.17, 15) is 4.79 Å². The van der Waals surface area contributed by atoms with Crippen LogP contribution in [0.1, 0.15) is 5.56 Å². The van der Waals surface area contributed by atoms with Crippen molar-refractivity contribution in [1.29, 1.82) is 0 Å². The zero-order valence-corrected chi connectivity index (χ0v) is 12.6. The quantitative estimate of drug-likeness (QED) is 0.629. The van der Waals surface area contributed by atoms with Gasteiger partial charge in [0.15, 0.2) is 12.4 Å². The number of carboxylic acid groups (broad SMARTS) is 1. The minimum atomic E-state index is -0.500. The third-order valence-electron chi connectivity index (χ3n) is 2.81. The van der Waals surface area contributed by atoms with E-state index in [1.54, 1.807) is 0 Å². The number of hydrogen-bond acceptors (Lipinski definition) is 4. The van der Waals surface area contributed by atoms with Crippen LogP contribution in [0.15, 0.2) is 48.8 Å². The fourth-order valence-corrected chi connectivity index (χ4v) is 1.82. The van der Waals surface area contributed by atoms with Gasteiger partial charge >= 0.3 is 0 Å². The largest absolute Gasteiger partial charge is 0.554 e. The van der Waals surface area contributed by atoms with Crippen LogP contribution < -0.4 is 20.3 Å². The molecule has 0 fully saturated rings. The molecular formula is C16H19N3O3. The van der Waals surface area contributed by atoms with Gasteiger partial charge in [-0.25, -0.2) is 0 Å². The van der Waals surface area contributed by atoms with Gasteiger partial charge in [0.1, 0.15) is 0 Å². The van der Waals surface area contributed by atoms with E-state index in [-0.39, 0.29) is 5.91 Å². The molecule has 22 heavy (non-hydrogen) atoms. The van der Waals surface area contributed by atoms with E-state index in [1.807, 2.05) is 67.3 Å². The Kier molecular flexibility index (Phi) is 7.12. The van der Waals surface area contributed by atoms with E-state index in [2.05, 4.69) is 10.6 Å². The predicted molar refractivity (Wildman–Crippen MR) is 82.1 cm³/mol. The number of pyridine rings is 1. The summed E-state index contributed by atoms with van der Waals surface area (Å²) in [5.41, 5.74) is 2.98. The number of hydrogen-bond donors (Lipinski definition) is 2. The van der Waals surface area contributed by atoms with Crippen LogP contribution in [-0.4, -0.2) is 19.4 Å². The summed E-state index contributed by atoms with van der Waals surface area (Å²) >= 11 is 0. The van der Waals surface area contributed by atoms with E-state index in [0.717, 1.165) is 16.9 Å². The van der Waals surface area contributed by atoms with Crippen molar-refractivity contribution in [3.63, 3.8) is 0 Å². The summed E-state index contributed by atoms with van der Waals surface area (Å²) in [5, 5.41) is 14.2. The molecule has 6 nitrogen and oxygen atoms in total. The van der Waals surface area contributed by atoms with Crippen LogP contribution in [0.2, 0.25) is 0 Å². The van der Waals surface area contributed by atoms with Crippen LogP contribution in [0.25, 0.3) is 0 Å². The summed E-state index contributed by atoms with van der Waals surface area (Å²) in [6, 6.07) is 11.6. The van der Waals surface area contributed by atoms with Gasteiger partial charge in [-0.15, -0.1) is 0 Å². The highest BCUT2D eigenvalue weighted by Crippen LogP contribution is 2.09. The molecule has 0 unspecified atom stereocenters. The first-order chi connectivity index (χ1) is 10.6. The molecule has 1 aromatic heterocycles. The number of aryl methyl sites for hydroxylation is 1. The summed E-state index contributed by atoms with van der Waals surface area (Å²) in [7, 11) is 1.87. The van der Waals surface area contributed by atoms with Crippen molar-refractivity contribution < 1.29 is 19.3 Å². The standard InChI is InChI=1S/C15H17N3O.CH2O2/c1-12-4-3-5-14(10-12)17-15(19)11-18-8-6-13(16-2)7-9-18;2-1-3/h3-10H,11H2,1-2H3,(H,17,19);1H,(H,2,3). The number of anilines is 2. The highest BCUT2D eigenvalue weighted by Gasteiger charge is 2.09. The van der Waals surface area contributed by atoms with Gasteiger partial charge in [0.05, 0.1) is 0 Å². The summed E-state index contributed by atoms with van der Waals surface area (Å²) in [6.45, 7) is 1.80. The van der Waals surface area contributed by atoms with Crippen LogP contribution >= 0.6 is 0 Å². The Morgan fingerprint density at radius 2 is 1.86 bits per heavy atom. The molecule has 0 aliphatic carbocycles. The number of rotatable bonds is 4. The van der Waals surface area contributed by atoms with Gasteiger partial charge in [-0.2, -0.15) is 4.57 Å². The Labute approximate surface area is 129 Å². The molecule has 0 atom stereocenters. The molecular weight excluding hydrogens is 282 g/mol. The highest BCUT2D eigenvalue weighted by molar-refractivity contribution is 5.89. The Hall–Kier alpha value is -2.89. The Balaban J connectivity index is 0.000000745. The fraction of sp³-hybridized carbons (Fsp3) is 0.188. The normalized spacial score (nSPS) is 9.18. The molecule has 0 aliphatic rings. The van der Waals surface area contributed by atoms with E-state index < -0.39 is 6.47 Å². The molecule has 116 valence electrons. The molecule has 0 saturated heterocycles. The van der Waals surface area contributed by atoms with Gasteiger partial charge < -0.3 is 20.5 Å². The molecule has 1 amide bonds. The number of carbonyl (C=O) groups is 2. The number of benzene rings is 1. The second-order valence-electron chi connectivity index (χ2n) is 4.52. The van der Waals surface area contributed by atoms with Gasteiger partial charge in [0, 0.05) is 37.0 Å². The van der Waals surface area contributed by atoms with Crippen LogP contribution in [0.5, 0.6) is 0 Å². The molecule has 6 heteroatoms. The second-order valence-corrected chi connectivity index (χ2v) is 4.52. The first-order valence-corrected chi connectivity index (χ1v) is 6.68. The van der Waals surface area contributed by atoms with Crippen LogP contribution in [0, 0.1) is 6.92 Å². The minimum Gasteiger partial charge on any atom is -0.554 e. The maximum atomic E-state index is 11.9. The molecule has 1 aromatic carbocycles. The number of nitrogens with zero attached hydrogens (tertiary/aromatic N) is 1. The van der Waals surface area contributed by atoms with Crippen molar-refractivity contribution in [3.05, 3.63) is 54.4 Å². The Morgan fingerprint density at radius 3 is 2.41 bits per heavy atom. The lowest BCUT2D eigenvalue weighted by Crippen LogP contribution is -2.39. The maximum Gasteiger partial charge on any atom is 0.290 e. The van der Waals surface area contributed by atoms with E-state index in [4.69, 9.17) is 9.90 Å². The lowest BCUT2D eigenvalue weighted by Gasteiger charge is -2.04. The summed E-state index contributed by atoms with van der Waals surface area (Å²) in [6.07, 6.45) is 3.75. The molecule has 0 bridgehead atoms. The zero-order valence-electron chi connectivity index (χ0n) is 12.6. The summed E-state index contributed by atoms with van der Waals surface area (Å²) < 4.78 is 1.84. The average molecular weight is 301 g/mol. The molecule has 2 aromatic rings. The monoisotopic (exact) mass is 301 g/mol. The molecule has 0 aliphatic heterocycles. The summed E-state index contributed by atoms with van der Waals surface area (Å²) in [4.78, 5) is 20.2. The van der Waals surface area contributed by atoms with Crippen molar-refractivity contribution >= 4 is 23.8 Å². The Morgan fingerprint density at radius 1 is 1.23 bits per heavy atom. The zero-order chi connectivity index (χ0) is 16.4. The van der Waals surface area contributed by atoms with Crippen molar-refractivity contribution in [1.82, 2.24) is 0 Å². The third kappa shape index (κ3) is 6.04. The lowest BCUT2D eigenvalue weighted by molar-refractivity contribution is -0.684. The van der Waals surface area contributed by atoms with E-state index in [0.29, 0.717) is 6.54 Å². The number of amides is 1. The van der Waals surface area contributed by atoms with Gasteiger partial charge in [-0.05, 0) is 24.6 Å². The molecule has 2 N–H and O–H groups in total. The number of carbonyl (C=O) groups excluding carboxylic acids is 2. The highest BCUT2D eigenvalue weighted by atomic mass is 16.3. The number of aromatic nitrogens is 1. The molecule has 0 spiro atoms. The van der Waals surface area contributed by atoms with Gasteiger partial charge in [-0.1, -0.05) is 12.1 Å². The number of nitrogens with one attached hydrogen (secondary N) is 2. The summed E-state index contributed by atoms with van der Waals surface area (Å²) in [5.74, 6) is -0.0344. The minimum absolute atomic E-state index is 0.0344. The average Bonchev–Trinajstić information content (AvgIpc) is 2.49. The SMILES string of the molecule is CNc1cc[n+](CC(=O)Nc2cccc(C)c2)cc1.O=C[O-]. The van der Waals surface area contributed by atoms with Crippen molar-refractivity contribution in [2.75, 3.05) is 17.7 Å². The second kappa shape index (κ2) is 9.12. The lowest BCUT2D eigenvalue weighted by atomic mass is 10.2. The molecule has 2 rings (SSSR count). The topological polar surface area (TPSA) is 85.1 Å². The predicted octanol–water partition coefficient (Wildman–Crippen LogP) is 0.329. The van der Waals surface area contributed by atoms with Gasteiger partial charge in [0.2, 0.25) is 6.54 Å². The van der Waals surface area contributed by atoms with Gasteiger partial charge in [-0.3, -0.25) is 4.79 Å². The van der Waals surface area contributed by atoms with Crippen LogP contribution in [0.4, 0.5) is 11.4 Å². The smallest absolute Gasteiger partial charge is 0.290 e. The van der Waals surface area contributed by atoms with Crippen molar-refractivity contribution in [3.8, 4) is 0 Å². The first kappa shape index (κ1) is 17.2. The third-order valence-corrected chi connectivity index (χ3v) is 2.81. The first-order valence-electron chi connectivity index (χ1n) is 6.68. The molecule has 0 radical (unpaired) electrons. The maximum absolute atomic E-state index is 11.9. The van der Waals surface area contributed by atoms with Gasteiger partial charge in [0.25, 0.3) is 5.91 Å². The van der Waals surface area contributed by atoms with E-state index in [1.165, 1.54) is 0 Å². The van der Waals surface area contributed by atoms with Crippen molar-refractivity contribution in [2.45, 2.75) is 13.5 Å². The van der Waals surface area contributed by atoms with Crippen LogP contribution in [-0.2, 0) is 16.1 Å².